The van der Waals surface area contributed by atoms with E-state index in [-0.39, 0.29) is 5.54 Å². The van der Waals surface area contributed by atoms with Crippen molar-refractivity contribution in [1.29, 1.82) is 5.26 Å². The Morgan fingerprint density at radius 2 is 2.07 bits per heavy atom. The van der Waals surface area contributed by atoms with Crippen molar-refractivity contribution in [1.82, 2.24) is 5.32 Å². The molecule has 0 saturated heterocycles. The first-order valence-corrected chi connectivity index (χ1v) is 5.69. The summed E-state index contributed by atoms with van der Waals surface area (Å²) in [6, 6.07) is 2.90. The zero-order valence-corrected chi connectivity index (χ0v) is 9.80. The van der Waals surface area contributed by atoms with E-state index in [9.17, 15) is 5.26 Å². The normalized spacial score (nSPS) is 38.3. The van der Waals surface area contributed by atoms with Gasteiger partial charge in [0.15, 0.2) is 0 Å². The summed E-state index contributed by atoms with van der Waals surface area (Å²) in [6.07, 6.45) is 3.36. The van der Waals surface area contributed by atoms with Crippen LogP contribution in [0, 0.1) is 23.2 Å². The molecular formula is C12H22N2. The van der Waals surface area contributed by atoms with Crippen molar-refractivity contribution in [3.63, 3.8) is 0 Å². The van der Waals surface area contributed by atoms with Crippen molar-refractivity contribution in [2.45, 2.75) is 58.5 Å². The summed E-state index contributed by atoms with van der Waals surface area (Å²) < 4.78 is 0. The Bertz CT molecular complexity index is 229. The summed E-state index contributed by atoms with van der Waals surface area (Å²) >= 11 is 0. The molecule has 1 fully saturated rings. The van der Waals surface area contributed by atoms with Gasteiger partial charge in [-0.3, -0.25) is 5.32 Å². The molecule has 0 spiro atoms. The van der Waals surface area contributed by atoms with Gasteiger partial charge in [-0.05, 0) is 44.9 Å². The highest BCUT2D eigenvalue weighted by molar-refractivity contribution is 5.12. The lowest BCUT2D eigenvalue weighted by molar-refractivity contribution is 0.162. The highest BCUT2D eigenvalue weighted by atomic mass is 15.0. The fraction of sp³-hybridized carbons (Fsp3) is 0.917. The molecule has 0 amide bonds. The molecule has 3 atom stereocenters. The molecule has 2 heteroatoms. The van der Waals surface area contributed by atoms with Crippen LogP contribution >= 0.6 is 0 Å². The summed E-state index contributed by atoms with van der Waals surface area (Å²) in [6.45, 7) is 8.72. The van der Waals surface area contributed by atoms with E-state index in [0.717, 1.165) is 12.3 Å². The number of hydrogen-bond acceptors (Lipinski definition) is 2. The van der Waals surface area contributed by atoms with Crippen LogP contribution in [-0.2, 0) is 0 Å². The minimum absolute atomic E-state index is 0.263. The van der Waals surface area contributed by atoms with Crippen LogP contribution in [0.3, 0.4) is 0 Å². The molecule has 0 aromatic heterocycles. The second-order valence-electron chi connectivity index (χ2n) is 5.16. The Hall–Kier alpha value is -0.550. The molecular weight excluding hydrogens is 172 g/mol. The number of nitrogens with zero attached hydrogens (tertiary/aromatic N) is 1. The third-order valence-electron chi connectivity index (χ3n) is 3.37. The molecule has 1 rings (SSSR count). The Morgan fingerprint density at radius 3 is 2.50 bits per heavy atom. The van der Waals surface area contributed by atoms with Crippen molar-refractivity contribution in [3.05, 3.63) is 0 Å². The Balaban J connectivity index is 2.74. The molecule has 0 aromatic carbocycles. The highest BCUT2D eigenvalue weighted by Gasteiger charge is 2.40. The van der Waals surface area contributed by atoms with Crippen molar-refractivity contribution < 1.29 is 0 Å². The topological polar surface area (TPSA) is 35.8 Å². The molecule has 1 saturated carbocycles. The quantitative estimate of drug-likeness (QED) is 0.733. The predicted octanol–water partition coefficient (Wildman–Crippen LogP) is 2.70. The monoisotopic (exact) mass is 194 g/mol. The van der Waals surface area contributed by atoms with Crippen molar-refractivity contribution in [2.24, 2.45) is 11.8 Å². The van der Waals surface area contributed by atoms with E-state index in [4.69, 9.17) is 0 Å². The third kappa shape index (κ3) is 2.27. The van der Waals surface area contributed by atoms with Gasteiger partial charge in [0.05, 0.1) is 6.07 Å². The average Bonchev–Trinajstić information content (AvgIpc) is 2.10. The number of hydrogen-bond donors (Lipinski definition) is 1. The molecule has 1 aliphatic rings. The van der Waals surface area contributed by atoms with Crippen LogP contribution in [0.15, 0.2) is 0 Å². The van der Waals surface area contributed by atoms with Gasteiger partial charge >= 0.3 is 0 Å². The lowest BCUT2D eigenvalue weighted by Gasteiger charge is -2.41. The van der Waals surface area contributed by atoms with Crippen LogP contribution in [0.5, 0.6) is 0 Å². The maximum absolute atomic E-state index is 9.33. The third-order valence-corrected chi connectivity index (χ3v) is 3.37. The fourth-order valence-electron chi connectivity index (χ4n) is 2.57. The molecule has 0 aliphatic heterocycles. The van der Waals surface area contributed by atoms with E-state index in [2.05, 4.69) is 39.1 Å². The summed E-state index contributed by atoms with van der Waals surface area (Å²) in [4.78, 5) is 0. The SMILES string of the molecule is CC1CCC(C#N)(NC(C)C)C(C)C1. The number of nitrogens with one attached hydrogen (secondary N) is 1. The zero-order valence-electron chi connectivity index (χ0n) is 9.80. The van der Waals surface area contributed by atoms with E-state index in [1.165, 1.54) is 12.8 Å². The molecule has 0 aromatic rings. The van der Waals surface area contributed by atoms with Gasteiger partial charge in [0.25, 0.3) is 0 Å². The maximum atomic E-state index is 9.33. The minimum atomic E-state index is -0.263. The molecule has 1 aliphatic carbocycles. The smallest absolute Gasteiger partial charge is 0.109 e. The maximum Gasteiger partial charge on any atom is 0.109 e. The van der Waals surface area contributed by atoms with Gasteiger partial charge in [-0.25, -0.2) is 0 Å². The first kappa shape index (κ1) is 11.5. The van der Waals surface area contributed by atoms with Gasteiger partial charge in [0, 0.05) is 6.04 Å². The second-order valence-corrected chi connectivity index (χ2v) is 5.16. The molecule has 3 unspecified atom stereocenters. The van der Waals surface area contributed by atoms with Gasteiger partial charge in [0.1, 0.15) is 5.54 Å². The van der Waals surface area contributed by atoms with Crippen LogP contribution in [-0.4, -0.2) is 11.6 Å². The van der Waals surface area contributed by atoms with Crippen LogP contribution < -0.4 is 5.32 Å². The molecule has 80 valence electrons. The minimum Gasteiger partial charge on any atom is -0.297 e. The zero-order chi connectivity index (χ0) is 10.8. The van der Waals surface area contributed by atoms with E-state index in [1.54, 1.807) is 0 Å². The van der Waals surface area contributed by atoms with Crippen molar-refractivity contribution >= 4 is 0 Å². The molecule has 0 radical (unpaired) electrons. The Morgan fingerprint density at radius 1 is 1.43 bits per heavy atom. The molecule has 1 N–H and O–H groups in total. The molecule has 0 bridgehead atoms. The Kier molecular flexibility index (Phi) is 3.55. The van der Waals surface area contributed by atoms with E-state index >= 15 is 0 Å². The average molecular weight is 194 g/mol. The van der Waals surface area contributed by atoms with Gasteiger partial charge < -0.3 is 0 Å². The van der Waals surface area contributed by atoms with Crippen molar-refractivity contribution in [2.75, 3.05) is 0 Å². The molecule has 2 nitrogen and oxygen atoms in total. The lowest BCUT2D eigenvalue weighted by atomic mass is 9.70. The number of rotatable bonds is 2. The first-order valence-electron chi connectivity index (χ1n) is 5.69. The van der Waals surface area contributed by atoms with Gasteiger partial charge in [-0.2, -0.15) is 5.26 Å². The summed E-state index contributed by atoms with van der Waals surface area (Å²) in [5.74, 6) is 1.25. The molecule has 0 heterocycles. The van der Waals surface area contributed by atoms with Gasteiger partial charge in [0.2, 0.25) is 0 Å². The largest absolute Gasteiger partial charge is 0.297 e. The van der Waals surface area contributed by atoms with Gasteiger partial charge in [-0.1, -0.05) is 13.8 Å². The van der Waals surface area contributed by atoms with E-state index in [0.29, 0.717) is 12.0 Å². The predicted molar refractivity (Wildman–Crippen MR) is 58.8 cm³/mol. The van der Waals surface area contributed by atoms with E-state index < -0.39 is 0 Å². The van der Waals surface area contributed by atoms with Crippen molar-refractivity contribution in [3.8, 4) is 6.07 Å². The number of nitriles is 1. The second kappa shape index (κ2) is 4.31. The highest BCUT2D eigenvalue weighted by Crippen LogP contribution is 2.36. The van der Waals surface area contributed by atoms with E-state index in [1.807, 2.05) is 0 Å². The first-order chi connectivity index (χ1) is 6.50. The van der Waals surface area contributed by atoms with Crippen LogP contribution in [0.25, 0.3) is 0 Å². The standard InChI is InChI=1S/C12H22N2/c1-9(2)14-12(8-13)6-5-10(3)7-11(12)4/h9-11,14H,5-7H2,1-4H3. The van der Waals surface area contributed by atoms with Crippen LogP contribution in [0.2, 0.25) is 0 Å². The lowest BCUT2D eigenvalue weighted by Crippen LogP contribution is -2.54. The van der Waals surface area contributed by atoms with Gasteiger partial charge in [-0.15, -0.1) is 0 Å². The fourth-order valence-corrected chi connectivity index (χ4v) is 2.57. The summed E-state index contributed by atoms with van der Waals surface area (Å²) in [7, 11) is 0. The van der Waals surface area contributed by atoms with Crippen LogP contribution in [0.4, 0.5) is 0 Å². The Labute approximate surface area is 87.7 Å². The summed E-state index contributed by atoms with van der Waals surface area (Å²) in [5.41, 5.74) is -0.263. The van der Waals surface area contributed by atoms with Crippen LogP contribution in [0.1, 0.15) is 47.0 Å². The summed E-state index contributed by atoms with van der Waals surface area (Å²) in [5, 5.41) is 12.8. The molecule has 14 heavy (non-hydrogen) atoms.